The van der Waals surface area contributed by atoms with Crippen molar-refractivity contribution in [1.82, 2.24) is 9.78 Å². The predicted octanol–water partition coefficient (Wildman–Crippen LogP) is 0.843. The van der Waals surface area contributed by atoms with Crippen LogP contribution in [-0.4, -0.2) is 34.7 Å². The first-order valence-corrected chi connectivity index (χ1v) is 4.94. The zero-order chi connectivity index (χ0) is 10.4. The van der Waals surface area contributed by atoms with E-state index in [9.17, 15) is 5.11 Å². The number of ether oxygens (including phenoxy) is 1. The van der Waals surface area contributed by atoms with E-state index >= 15 is 0 Å². The Labute approximate surface area is 84.5 Å². The molecule has 80 valence electrons. The molecule has 0 aromatic carbocycles. The molecule has 0 saturated heterocycles. The SMILES string of the molecule is CCn1cc(CC(O)CCOC)cn1. The summed E-state index contributed by atoms with van der Waals surface area (Å²) >= 11 is 0. The molecule has 1 rings (SSSR count). The highest BCUT2D eigenvalue weighted by molar-refractivity contribution is 5.05. The number of hydrogen-bond donors (Lipinski definition) is 1. The highest BCUT2D eigenvalue weighted by Gasteiger charge is 2.06. The smallest absolute Gasteiger partial charge is 0.0603 e. The van der Waals surface area contributed by atoms with Gasteiger partial charge in [0.2, 0.25) is 0 Å². The Morgan fingerprint density at radius 2 is 2.43 bits per heavy atom. The van der Waals surface area contributed by atoms with Crippen molar-refractivity contribution < 1.29 is 9.84 Å². The van der Waals surface area contributed by atoms with Gasteiger partial charge in [-0.15, -0.1) is 0 Å². The van der Waals surface area contributed by atoms with E-state index in [4.69, 9.17) is 4.74 Å². The molecule has 0 amide bonds. The van der Waals surface area contributed by atoms with Crippen LogP contribution in [0.15, 0.2) is 12.4 Å². The van der Waals surface area contributed by atoms with Gasteiger partial charge in [0.1, 0.15) is 0 Å². The standard InChI is InChI=1S/C10H18N2O2/c1-3-12-8-9(7-11-12)6-10(13)4-5-14-2/h7-8,10,13H,3-6H2,1-2H3. The largest absolute Gasteiger partial charge is 0.393 e. The second-order valence-corrected chi connectivity index (χ2v) is 3.34. The van der Waals surface area contributed by atoms with Gasteiger partial charge >= 0.3 is 0 Å². The molecule has 0 aliphatic rings. The molecular weight excluding hydrogens is 180 g/mol. The number of rotatable bonds is 6. The summed E-state index contributed by atoms with van der Waals surface area (Å²) in [6, 6.07) is 0. The molecule has 0 radical (unpaired) electrons. The fourth-order valence-electron chi connectivity index (χ4n) is 1.31. The van der Waals surface area contributed by atoms with E-state index in [-0.39, 0.29) is 6.10 Å². The van der Waals surface area contributed by atoms with Gasteiger partial charge in [0, 0.05) is 32.9 Å². The summed E-state index contributed by atoms with van der Waals surface area (Å²) in [5.41, 5.74) is 1.08. The van der Waals surface area contributed by atoms with Crippen LogP contribution in [-0.2, 0) is 17.7 Å². The van der Waals surface area contributed by atoms with Crippen molar-refractivity contribution in [3.63, 3.8) is 0 Å². The van der Waals surface area contributed by atoms with E-state index in [0.29, 0.717) is 19.4 Å². The Kier molecular flexibility index (Phi) is 4.62. The Morgan fingerprint density at radius 3 is 3.00 bits per heavy atom. The molecule has 1 heterocycles. The van der Waals surface area contributed by atoms with E-state index in [0.717, 1.165) is 12.1 Å². The number of hydrogen-bond acceptors (Lipinski definition) is 3. The fraction of sp³-hybridized carbons (Fsp3) is 0.700. The number of aryl methyl sites for hydroxylation is 1. The zero-order valence-corrected chi connectivity index (χ0v) is 8.81. The normalized spacial score (nSPS) is 13.1. The van der Waals surface area contributed by atoms with Crippen LogP contribution in [0.2, 0.25) is 0 Å². The topological polar surface area (TPSA) is 47.3 Å². The van der Waals surface area contributed by atoms with Crippen LogP contribution in [0, 0.1) is 0 Å². The molecule has 14 heavy (non-hydrogen) atoms. The summed E-state index contributed by atoms with van der Waals surface area (Å²) in [4.78, 5) is 0. The molecule has 0 spiro atoms. The maximum absolute atomic E-state index is 9.60. The average molecular weight is 198 g/mol. The molecule has 1 N–H and O–H groups in total. The lowest BCUT2D eigenvalue weighted by Gasteiger charge is -2.07. The van der Waals surface area contributed by atoms with Crippen LogP contribution >= 0.6 is 0 Å². The number of nitrogens with zero attached hydrogens (tertiary/aromatic N) is 2. The molecule has 4 heteroatoms. The van der Waals surface area contributed by atoms with Crippen LogP contribution in [0.1, 0.15) is 18.9 Å². The molecule has 0 fully saturated rings. The number of methoxy groups -OCH3 is 1. The Bertz CT molecular complexity index is 260. The molecule has 1 aromatic heterocycles. The van der Waals surface area contributed by atoms with Gasteiger partial charge in [-0.3, -0.25) is 4.68 Å². The quantitative estimate of drug-likeness (QED) is 0.737. The maximum Gasteiger partial charge on any atom is 0.0603 e. The summed E-state index contributed by atoms with van der Waals surface area (Å²) in [5.74, 6) is 0. The maximum atomic E-state index is 9.60. The van der Waals surface area contributed by atoms with E-state index in [1.165, 1.54) is 0 Å². The van der Waals surface area contributed by atoms with E-state index in [1.807, 2.05) is 17.8 Å². The Hall–Kier alpha value is -0.870. The monoisotopic (exact) mass is 198 g/mol. The number of aliphatic hydroxyl groups is 1. The third kappa shape index (κ3) is 3.47. The summed E-state index contributed by atoms with van der Waals surface area (Å²) < 4.78 is 6.76. The lowest BCUT2D eigenvalue weighted by molar-refractivity contribution is 0.110. The minimum absolute atomic E-state index is 0.329. The van der Waals surface area contributed by atoms with Crippen molar-refractivity contribution in [3.8, 4) is 0 Å². The molecule has 1 unspecified atom stereocenters. The summed E-state index contributed by atoms with van der Waals surface area (Å²) in [5, 5.41) is 13.7. The zero-order valence-electron chi connectivity index (χ0n) is 8.81. The van der Waals surface area contributed by atoms with E-state index in [2.05, 4.69) is 5.10 Å². The molecule has 0 saturated carbocycles. The Balaban J connectivity index is 2.35. The van der Waals surface area contributed by atoms with Crippen molar-refractivity contribution in [2.75, 3.05) is 13.7 Å². The van der Waals surface area contributed by atoms with Crippen molar-refractivity contribution in [3.05, 3.63) is 18.0 Å². The Morgan fingerprint density at radius 1 is 1.64 bits per heavy atom. The van der Waals surface area contributed by atoms with Gasteiger partial charge < -0.3 is 9.84 Å². The highest BCUT2D eigenvalue weighted by atomic mass is 16.5. The van der Waals surface area contributed by atoms with Gasteiger partial charge in [-0.1, -0.05) is 0 Å². The molecule has 0 aliphatic heterocycles. The van der Waals surface area contributed by atoms with Gasteiger partial charge in [-0.05, 0) is 18.9 Å². The lowest BCUT2D eigenvalue weighted by Crippen LogP contribution is -2.12. The number of aliphatic hydroxyl groups excluding tert-OH is 1. The van der Waals surface area contributed by atoms with Crippen LogP contribution in [0.25, 0.3) is 0 Å². The lowest BCUT2D eigenvalue weighted by atomic mass is 10.1. The highest BCUT2D eigenvalue weighted by Crippen LogP contribution is 2.05. The minimum Gasteiger partial charge on any atom is -0.393 e. The van der Waals surface area contributed by atoms with Gasteiger partial charge in [-0.25, -0.2) is 0 Å². The van der Waals surface area contributed by atoms with E-state index < -0.39 is 0 Å². The summed E-state index contributed by atoms with van der Waals surface area (Å²) in [6.07, 6.45) is 4.77. The molecule has 4 nitrogen and oxygen atoms in total. The first-order valence-electron chi connectivity index (χ1n) is 4.94. The van der Waals surface area contributed by atoms with Crippen molar-refractivity contribution in [1.29, 1.82) is 0 Å². The average Bonchev–Trinajstić information content (AvgIpc) is 2.62. The van der Waals surface area contributed by atoms with Gasteiger partial charge in [0.25, 0.3) is 0 Å². The van der Waals surface area contributed by atoms with Gasteiger partial charge in [0.05, 0.1) is 12.3 Å². The van der Waals surface area contributed by atoms with Crippen LogP contribution in [0.4, 0.5) is 0 Å². The van der Waals surface area contributed by atoms with Crippen LogP contribution in [0.5, 0.6) is 0 Å². The molecule has 0 bridgehead atoms. The summed E-state index contributed by atoms with van der Waals surface area (Å²) in [7, 11) is 1.64. The molecule has 0 aliphatic carbocycles. The second kappa shape index (κ2) is 5.78. The van der Waals surface area contributed by atoms with Crippen LogP contribution < -0.4 is 0 Å². The molecular formula is C10H18N2O2. The minimum atomic E-state index is -0.329. The third-order valence-corrected chi connectivity index (χ3v) is 2.14. The first-order chi connectivity index (χ1) is 6.76. The fourth-order valence-corrected chi connectivity index (χ4v) is 1.31. The van der Waals surface area contributed by atoms with Crippen molar-refractivity contribution >= 4 is 0 Å². The second-order valence-electron chi connectivity index (χ2n) is 3.34. The van der Waals surface area contributed by atoms with Crippen molar-refractivity contribution in [2.45, 2.75) is 32.4 Å². The van der Waals surface area contributed by atoms with Crippen molar-refractivity contribution in [2.24, 2.45) is 0 Å². The first kappa shape index (κ1) is 11.2. The van der Waals surface area contributed by atoms with Gasteiger partial charge in [-0.2, -0.15) is 5.10 Å². The third-order valence-electron chi connectivity index (χ3n) is 2.14. The molecule has 1 aromatic rings. The molecule has 1 atom stereocenters. The summed E-state index contributed by atoms with van der Waals surface area (Å²) in [6.45, 7) is 3.51. The number of aromatic nitrogens is 2. The van der Waals surface area contributed by atoms with Crippen LogP contribution in [0.3, 0.4) is 0 Å². The van der Waals surface area contributed by atoms with Gasteiger partial charge in [0.15, 0.2) is 0 Å². The van der Waals surface area contributed by atoms with E-state index in [1.54, 1.807) is 13.3 Å². The predicted molar refractivity (Wildman–Crippen MR) is 54.1 cm³/mol.